The smallest absolute Gasteiger partial charge is 0.222 e. The van der Waals surface area contributed by atoms with Gasteiger partial charge in [-0.3, -0.25) is 0 Å². The number of rotatable bonds is 1. The van der Waals surface area contributed by atoms with Gasteiger partial charge in [0.1, 0.15) is 0 Å². The molecule has 0 N–H and O–H groups in total. The second-order valence-corrected chi connectivity index (χ2v) is 4.72. The zero-order valence-corrected chi connectivity index (χ0v) is 10.9. The molecule has 18 heavy (non-hydrogen) atoms. The molecule has 0 saturated carbocycles. The Morgan fingerprint density at radius 2 is 2.06 bits per heavy atom. The molecule has 0 aliphatic heterocycles. The van der Waals surface area contributed by atoms with E-state index in [0.717, 1.165) is 11.3 Å². The molecule has 2 heterocycles. The van der Waals surface area contributed by atoms with E-state index in [0.29, 0.717) is 0 Å². The van der Waals surface area contributed by atoms with Crippen LogP contribution in [0.2, 0.25) is 5.28 Å². The van der Waals surface area contributed by atoms with Gasteiger partial charge in [0.05, 0.1) is 5.69 Å². The van der Waals surface area contributed by atoms with Gasteiger partial charge < -0.3 is 4.57 Å². The molecule has 0 spiro atoms. The highest BCUT2D eigenvalue weighted by Crippen LogP contribution is 2.29. The highest BCUT2D eigenvalue weighted by molar-refractivity contribution is 6.28. The largest absolute Gasteiger partial charge is 0.350 e. The van der Waals surface area contributed by atoms with Crippen LogP contribution < -0.4 is 0 Å². The summed E-state index contributed by atoms with van der Waals surface area (Å²) in [5, 5.41) is 1.46. The second kappa shape index (κ2) is 4.10. The number of benzene rings is 1. The van der Waals surface area contributed by atoms with Crippen molar-refractivity contribution >= 4 is 22.5 Å². The van der Waals surface area contributed by atoms with Crippen molar-refractivity contribution < 1.29 is 0 Å². The van der Waals surface area contributed by atoms with E-state index in [4.69, 9.17) is 11.6 Å². The molecule has 0 amide bonds. The second-order valence-electron chi connectivity index (χ2n) is 4.39. The molecule has 0 unspecified atom stereocenters. The van der Waals surface area contributed by atoms with Crippen molar-refractivity contribution in [3.05, 3.63) is 47.5 Å². The minimum absolute atomic E-state index is 0.275. The molecular weight excluding hydrogens is 246 g/mol. The summed E-state index contributed by atoms with van der Waals surface area (Å²) in [5.41, 5.74) is 4.35. The SMILES string of the molecule is Cc1ccc2c(c1)c(-c1ccnc(Cl)n1)cn2C. The predicted octanol–water partition coefficient (Wildman–Crippen LogP) is 3.60. The monoisotopic (exact) mass is 257 g/mol. The maximum Gasteiger partial charge on any atom is 0.222 e. The highest BCUT2D eigenvalue weighted by Gasteiger charge is 2.10. The van der Waals surface area contributed by atoms with Crippen molar-refractivity contribution in [3.8, 4) is 11.3 Å². The molecule has 0 saturated heterocycles. The molecule has 1 aromatic carbocycles. The molecule has 2 aromatic heterocycles. The van der Waals surface area contributed by atoms with E-state index in [1.54, 1.807) is 6.20 Å². The molecule has 0 atom stereocenters. The van der Waals surface area contributed by atoms with Crippen LogP contribution in [-0.4, -0.2) is 14.5 Å². The molecule has 3 aromatic rings. The Labute approximate surface area is 110 Å². The van der Waals surface area contributed by atoms with Crippen LogP contribution in [0.3, 0.4) is 0 Å². The maximum atomic E-state index is 5.85. The fourth-order valence-electron chi connectivity index (χ4n) is 2.19. The maximum absolute atomic E-state index is 5.85. The molecule has 90 valence electrons. The number of nitrogens with zero attached hydrogens (tertiary/aromatic N) is 3. The Kier molecular flexibility index (Phi) is 2.56. The zero-order chi connectivity index (χ0) is 12.7. The molecule has 0 fully saturated rings. The first-order valence-corrected chi connectivity index (χ1v) is 6.07. The Bertz CT molecular complexity index is 731. The molecular formula is C14H12ClN3. The fourth-order valence-corrected chi connectivity index (χ4v) is 2.34. The average Bonchev–Trinajstić information content (AvgIpc) is 2.66. The summed E-state index contributed by atoms with van der Waals surface area (Å²) >= 11 is 5.85. The predicted molar refractivity (Wildman–Crippen MR) is 73.7 cm³/mol. The van der Waals surface area contributed by atoms with Gasteiger partial charge in [-0.05, 0) is 36.7 Å². The number of aromatic nitrogens is 3. The van der Waals surface area contributed by atoms with Crippen molar-refractivity contribution in [2.24, 2.45) is 7.05 Å². The third kappa shape index (κ3) is 1.77. The van der Waals surface area contributed by atoms with Crippen molar-refractivity contribution in [2.75, 3.05) is 0 Å². The fraction of sp³-hybridized carbons (Fsp3) is 0.143. The molecule has 3 nitrogen and oxygen atoms in total. The normalized spacial score (nSPS) is 11.1. The standard InChI is InChI=1S/C14H12ClN3/c1-9-3-4-13-10(7-9)11(8-18(13)2)12-5-6-16-14(15)17-12/h3-8H,1-2H3. The zero-order valence-electron chi connectivity index (χ0n) is 10.2. The molecule has 0 aliphatic carbocycles. The van der Waals surface area contributed by atoms with Crippen LogP contribution in [0.15, 0.2) is 36.7 Å². The van der Waals surface area contributed by atoms with E-state index in [-0.39, 0.29) is 5.28 Å². The Balaban J connectivity index is 2.32. The molecule has 0 aliphatic rings. The Hall–Kier alpha value is -1.87. The minimum Gasteiger partial charge on any atom is -0.350 e. The third-order valence-electron chi connectivity index (χ3n) is 3.05. The molecule has 4 heteroatoms. The van der Waals surface area contributed by atoms with Gasteiger partial charge in [-0.1, -0.05) is 11.6 Å². The van der Waals surface area contributed by atoms with Gasteiger partial charge >= 0.3 is 0 Å². The van der Waals surface area contributed by atoms with E-state index in [1.807, 2.05) is 13.1 Å². The van der Waals surface area contributed by atoms with Gasteiger partial charge in [0, 0.05) is 35.9 Å². The minimum atomic E-state index is 0.275. The van der Waals surface area contributed by atoms with Gasteiger partial charge in [-0.2, -0.15) is 0 Å². The van der Waals surface area contributed by atoms with Crippen LogP contribution in [0.1, 0.15) is 5.56 Å². The van der Waals surface area contributed by atoms with E-state index in [2.05, 4.69) is 45.9 Å². The third-order valence-corrected chi connectivity index (χ3v) is 3.23. The highest BCUT2D eigenvalue weighted by atomic mass is 35.5. The Morgan fingerprint density at radius 3 is 2.83 bits per heavy atom. The van der Waals surface area contributed by atoms with Gasteiger partial charge in [-0.25, -0.2) is 9.97 Å². The topological polar surface area (TPSA) is 30.7 Å². The van der Waals surface area contributed by atoms with E-state index in [1.165, 1.54) is 16.5 Å². The van der Waals surface area contributed by atoms with E-state index in [9.17, 15) is 0 Å². The number of hydrogen-bond donors (Lipinski definition) is 0. The van der Waals surface area contributed by atoms with Crippen LogP contribution in [-0.2, 0) is 7.05 Å². The first-order valence-electron chi connectivity index (χ1n) is 5.70. The van der Waals surface area contributed by atoms with Crippen molar-refractivity contribution in [1.29, 1.82) is 0 Å². The first-order chi connectivity index (χ1) is 8.65. The van der Waals surface area contributed by atoms with Crippen molar-refractivity contribution in [1.82, 2.24) is 14.5 Å². The molecule has 3 rings (SSSR count). The lowest BCUT2D eigenvalue weighted by atomic mass is 10.1. The van der Waals surface area contributed by atoms with Crippen molar-refractivity contribution in [2.45, 2.75) is 6.92 Å². The number of fused-ring (bicyclic) bond motifs is 1. The summed E-state index contributed by atoms with van der Waals surface area (Å²) < 4.78 is 2.10. The van der Waals surface area contributed by atoms with Gasteiger partial charge in [0.25, 0.3) is 0 Å². The van der Waals surface area contributed by atoms with Crippen LogP contribution >= 0.6 is 11.6 Å². The lowest BCUT2D eigenvalue weighted by molar-refractivity contribution is 0.969. The summed E-state index contributed by atoms with van der Waals surface area (Å²) in [6.45, 7) is 2.09. The van der Waals surface area contributed by atoms with Crippen LogP contribution in [0, 0.1) is 6.92 Å². The number of aryl methyl sites for hydroxylation is 2. The average molecular weight is 258 g/mol. The summed E-state index contributed by atoms with van der Waals surface area (Å²) in [5.74, 6) is 0. The van der Waals surface area contributed by atoms with E-state index >= 15 is 0 Å². The van der Waals surface area contributed by atoms with Gasteiger partial charge in [-0.15, -0.1) is 0 Å². The first kappa shape index (κ1) is 11.2. The van der Waals surface area contributed by atoms with Gasteiger partial charge in [0.2, 0.25) is 5.28 Å². The van der Waals surface area contributed by atoms with Crippen LogP contribution in [0.4, 0.5) is 0 Å². The molecule has 0 bridgehead atoms. The van der Waals surface area contributed by atoms with Crippen LogP contribution in [0.5, 0.6) is 0 Å². The van der Waals surface area contributed by atoms with Crippen molar-refractivity contribution in [3.63, 3.8) is 0 Å². The molecule has 0 radical (unpaired) electrons. The quantitative estimate of drug-likeness (QED) is 0.624. The summed E-state index contributed by atoms with van der Waals surface area (Å²) in [6, 6.07) is 8.28. The lowest BCUT2D eigenvalue weighted by Gasteiger charge is -1.99. The summed E-state index contributed by atoms with van der Waals surface area (Å²) in [6.07, 6.45) is 3.75. The number of hydrogen-bond acceptors (Lipinski definition) is 2. The number of halogens is 1. The van der Waals surface area contributed by atoms with Gasteiger partial charge in [0.15, 0.2) is 0 Å². The summed E-state index contributed by atoms with van der Waals surface area (Å²) in [4.78, 5) is 8.19. The van der Waals surface area contributed by atoms with Crippen LogP contribution in [0.25, 0.3) is 22.2 Å². The summed E-state index contributed by atoms with van der Waals surface area (Å²) in [7, 11) is 2.03. The van der Waals surface area contributed by atoms with E-state index < -0.39 is 0 Å². The Morgan fingerprint density at radius 1 is 1.22 bits per heavy atom. The lowest BCUT2D eigenvalue weighted by Crippen LogP contribution is -1.85.